The summed E-state index contributed by atoms with van der Waals surface area (Å²) in [6.45, 7) is 5.06. The molecule has 0 aromatic carbocycles. The molecule has 2 saturated heterocycles. The molecule has 5 heteroatoms. The van der Waals surface area contributed by atoms with Crippen LogP contribution in [0.15, 0.2) is 0 Å². The Hall–Kier alpha value is -0.320. The maximum Gasteiger partial charge on any atom is 0.239 e. The van der Waals surface area contributed by atoms with Gasteiger partial charge in [-0.1, -0.05) is 6.42 Å². The summed E-state index contributed by atoms with van der Waals surface area (Å²) >= 11 is 0. The van der Waals surface area contributed by atoms with Crippen LogP contribution in [0.4, 0.5) is 0 Å². The number of nitrogens with one attached hydrogen (secondary N) is 1. The Morgan fingerprint density at radius 1 is 1.00 bits per heavy atom. The standard InChI is InChI=1S/C13H23N3O.ClH/c17-13(12-5-2-6-14-12)16-9-7-15(8-10-16)11-3-1-4-11;/h11-12,14H,1-10H2;1H/t12-;/m0./s1. The highest BCUT2D eigenvalue weighted by atomic mass is 35.5. The van der Waals surface area contributed by atoms with Gasteiger partial charge in [0.2, 0.25) is 5.91 Å². The lowest BCUT2D eigenvalue weighted by atomic mass is 9.91. The van der Waals surface area contributed by atoms with E-state index < -0.39 is 0 Å². The molecule has 0 radical (unpaired) electrons. The highest BCUT2D eigenvalue weighted by Gasteiger charge is 2.32. The minimum atomic E-state index is 0. The summed E-state index contributed by atoms with van der Waals surface area (Å²) in [6, 6.07) is 0.946. The molecule has 104 valence electrons. The van der Waals surface area contributed by atoms with Crippen molar-refractivity contribution >= 4 is 18.3 Å². The third kappa shape index (κ3) is 2.81. The third-order valence-electron chi connectivity index (χ3n) is 4.58. The van der Waals surface area contributed by atoms with Crippen molar-refractivity contribution in [3.63, 3.8) is 0 Å². The summed E-state index contributed by atoms with van der Waals surface area (Å²) in [4.78, 5) is 16.9. The van der Waals surface area contributed by atoms with Crippen LogP contribution < -0.4 is 5.32 Å². The average molecular weight is 274 g/mol. The predicted octanol–water partition coefficient (Wildman–Crippen LogP) is 0.857. The Labute approximate surface area is 115 Å². The second-order valence-electron chi connectivity index (χ2n) is 5.59. The maximum absolute atomic E-state index is 12.2. The largest absolute Gasteiger partial charge is 0.339 e. The lowest BCUT2D eigenvalue weighted by Gasteiger charge is -2.43. The molecule has 1 aliphatic carbocycles. The molecular weight excluding hydrogens is 250 g/mol. The molecule has 0 bridgehead atoms. The molecule has 0 spiro atoms. The van der Waals surface area contributed by atoms with Gasteiger partial charge in [-0.25, -0.2) is 0 Å². The zero-order chi connectivity index (χ0) is 11.7. The summed E-state index contributed by atoms with van der Waals surface area (Å²) in [6.07, 6.45) is 6.33. The molecule has 2 heterocycles. The van der Waals surface area contributed by atoms with Crippen molar-refractivity contribution in [3.8, 4) is 0 Å². The molecule has 18 heavy (non-hydrogen) atoms. The van der Waals surface area contributed by atoms with E-state index in [0.29, 0.717) is 5.91 Å². The topological polar surface area (TPSA) is 35.6 Å². The normalized spacial score (nSPS) is 29.8. The number of rotatable bonds is 2. The van der Waals surface area contributed by atoms with Crippen LogP contribution in [-0.4, -0.2) is 60.5 Å². The molecule has 2 aliphatic heterocycles. The molecule has 4 nitrogen and oxygen atoms in total. The Morgan fingerprint density at radius 3 is 2.22 bits per heavy atom. The summed E-state index contributed by atoms with van der Waals surface area (Å²) < 4.78 is 0. The Bertz CT molecular complexity index is 282. The highest BCUT2D eigenvalue weighted by Crippen LogP contribution is 2.25. The Kier molecular flexibility index (Phi) is 4.87. The summed E-state index contributed by atoms with van der Waals surface area (Å²) in [5.41, 5.74) is 0. The van der Waals surface area contributed by atoms with E-state index in [-0.39, 0.29) is 18.4 Å². The van der Waals surface area contributed by atoms with E-state index in [2.05, 4.69) is 15.1 Å². The molecule has 3 aliphatic rings. The summed E-state index contributed by atoms with van der Waals surface area (Å²) in [5, 5.41) is 3.31. The lowest BCUT2D eigenvalue weighted by Crippen LogP contribution is -2.56. The fraction of sp³-hybridized carbons (Fsp3) is 0.923. The van der Waals surface area contributed by atoms with Crippen molar-refractivity contribution in [3.05, 3.63) is 0 Å². The Balaban J connectivity index is 0.00000120. The molecule has 0 aromatic rings. The van der Waals surface area contributed by atoms with Crippen LogP contribution in [0, 0.1) is 0 Å². The third-order valence-corrected chi connectivity index (χ3v) is 4.58. The molecular formula is C13H24ClN3O. The minimum Gasteiger partial charge on any atom is -0.339 e. The van der Waals surface area contributed by atoms with Crippen LogP contribution in [0.3, 0.4) is 0 Å². The van der Waals surface area contributed by atoms with Crippen molar-refractivity contribution in [2.75, 3.05) is 32.7 Å². The van der Waals surface area contributed by atoms with E-state index in [0.717, 1.165) is 51.6 Å². The van der Waals surface area contributed by atoms with Crippen LogP contribution in [0.2, 0.25) is 0 Å². The van der Waals surface area contributed by atoms with E-state index in [1.807, 2.05) is 0 Å². The highest BCUT2D eigenvalue weighted by molar-refractivity contribution is 5.85. The molecule has 1 atom stereocenters. The number of hydrogen-bond donors (Lipinski definition) is 1. The molecule has 0 unspecified atom stereocenters. The smallest absolute Gasteiger partial charge is 0.239 e. The second kappa shape index (κ2) is 6.22. The van der Waals surface area contributed by atoms with Gasteiger partial charge >= 0.3 is 0 Å². The monoisotopic (exact) mass is 273 g/mol. The van der Waals surface area contributed by atoms with Gasteiger partial charge < -0.3 is 10.2 Å². The predicted molar refractivity (Wildman–Crippen MR) is 74.1 cm³/mol. The number of amides is 1. The van der Waals surface area contributed by atoms with Crippen molar-refractivity contribution in [2.45, 2.75) is 44.2 Å². The van der Waals surface area contributed by atoms with E-state index in [1.54, 1.807) is 0 Å². The van der Waals surface area contributed by atoms with E-state index >= 15 is 0 Å². The van der Waals surface area contributed by atoms with Crippen molar-refractivity contribution < 1.29 is 4.79 Å². The fourth-order valence-corrected chi connectivity index (χ4v) is 3.18. The van der Waals surface area contributed by atoms with Crippen molar-refractivity contribution in [1.82, 2.24) is 15.1 Å². The zero-order valence-corrected chi connectivity index (χ0v) is 11.8. The van der Waals surface area contributed by atoms with E-state index in [9.17, 15) is 4.79 Å². The van der Waals surface area contributed by atoms with Crippen LogP contribution in [-0.2, 0) is 4.79 Å². The molecule has 3 rings (SSSR count). The molecule has 0 aromatic heterocycles. The van der Waals surface area contributed by atoms with Gasteiger partial charge in [-0.3, -0.25) is 9.69 Å². The van der Waals surface area contributed by atoms with Crippen LogP contribution in [0.5, 0.6) is 0 Å². The van der Waals surface area contributed by atoms with Gasteiger partial charge in [0, 0.05) is 32.2 Å². The quantitative estimate of drug-likeness (QED) is 0.811. The van der Waals surface area contributed by atoms with Gasteiger partial charge in [0.1, 0.15) is 0 Å². The van der Waals surface area contributed by atoms with Gasteiger partial charge in [0.05, 0.1) is 6.04 Å². The van der Waals surface area contributed by atoms with Crippen molar-refractivity contribution in [2.24, 2.45) is 0 Å². The SMILES string of the molecule is Cl.O=C([C@@H]1CCCN1)N1CCN(C2CCC2)CC1. The van der Waals surface area contributed by atoms with E-state index in [4.69, 9.17) is 0 Å². The summed E-state index contributed by atoms with van der Waals surface area (Å²) in [5.74, 6) is 0.343. The summed E-state index contributed by atoms with van der Waals surface area (Å²) in [7, 11) is 0. The number of carbonyl (C=O) groups is 1. The molecule has 1 saturated carbocycles. The molecule has 1 amide bonds. The fourth-order valence-electron chi connectivity index (χ4n) is 3.18. The molecule has 3 fully saturated rings. The van der Waals surface area contributed by atoms with Gasteiger partial charge in [0.25, 0.3) is 0 Å². The molecule has 1 N–H and O–H groups in total. The van der Waals surface area contributed by atoms with E-state index in [1.165, 1.54) is 19.3 Å². The van der Waals surface area contributed by atoms with Gasteiger partial charge in [-0.05, 0) is 32.2 Å². The zero-order valence-electron chi connectivity index (χ0n) is 10.9. The van der Waals surface area contributed by atoms with Crippen LogP contribution in [0.25, 0.3) is 0 Å². The first kappa shape index (κ1) is 14.1. The first-order valence-electron chi connectivity index (χ1n) is 7.11. The number of nitrogens with zero attached hydrogens (tertiary/aromatic N) is 2. The van der Waals surface area contributed by atoms with Gasteiger partial charge in [0.15, 0.2) is 0 Å². The van der Waals surface area contributed by atoms with Gasteiger partial charge in [-0.2, -0.15) is 0 Å². The second-order valence-corrected chi connectivity index (χ2v) is 5.59. The first-order chi connectivity index (χ1) is 8.34. The first-order valence-corrected chi connectivity index (χ1v) is 7.11. The maximum atomic E-state index is 12.2. The number of hydrogen-bond acceptors (Lipinski definition) is 3. The number of carbonyl (C=O) groups excluding carboxylic acids is 1. The average Bonchev–Trinajstić information content (AvgIpc) is 2.80. The van der Waals surface area contributed by atoms with Crippen molar-refractivity contribution in [1.29, 1.82) is 0 Å². The van der Waals surface area contributed by atoms with Crippen LogP contribution >= 0.6 is 12.4 Å². The van der Waals surface area contributed by atoms with Gasteiger partial charge in [-0.15, -0.1) is 12.4 Å². The minimum absolute atomic E-state index is 0. The number of halogens is 1. The number of piperazine rings is 1. The van der Waals surface area contributed by atoms with Crippen LogP contribution in [0.1, 0.15) is 32.1 Å². The Morgan fingerprint density at radius 2 is 1.72 bits per heavy atom. The lowest BCUT2D eigenvalue weighted by molar-refractivity contribution is -0.135.